The number of hydrogen-bond acceptors (Lipinski definition) is 4. The van der Waals surface area contributed by atoms with Gasteiger partial charge in [0, 0.05) is 44.2 Å². The van der Waals surface area contributed by atoms with Crippen molar-refractivity contribution in [3.63, 3.8) is 0 Å². The molecule has 0 bridgehead atoms. The van der Waals surface area contributed by atoms with Crippen LogP contribution in [0.25, 0.3) is 0 Å². The highest BCUT2D eigenvalue weighted by Crippen LogP contribution is 2.20. The van der Waals surface area contributed by atoms with E-state index in [1.54, 1.807) is 29.2 Å². The maximum atomic E-state index is 12.7. The monoisotopic (exact) mass is 445 g/mol. The molecule has 5 amide bonds. The summed E-state index contributed by atoms with van der Waals surface area (Å²) < 4.78 is 5.55. The van der Waals surface area contributed by atoms with Crippen LogP contribution in [0.15, 0.2) is 24.3 Å². The first kappa shape index (κ1) is 23.8. The highest BCUT2D eigenvalue weighted by Gasteiger charge is 2.29. The number of carbonyl (C=O) groups is 3. The summed E-state index contributed by atoms with van der Waals surface area (Å²) >= 11 is 0. The van der Waals surface area contributed by atoms with Crippen molar-refractivity contribution in [1.82, 2.24) is 15.5 Å². The van der Waals surface area contributed by atoms with E-state index >= 15 is 0 Å². The van der Waals surface area contributed by atoms with E-state index in [-0.39, 0.29) is 30.0 Å². The zero-order valence-electron chi connectivity index (χ0n) is 19.0. The van der Waals surface area contributed by atoms with E-state index in [4.69, 9.17) is 4.74 Å². The lowest BCUT2D eigenvalue weighted by molar-refractivity contribution is -0.126. The standard InChI is InChI=1S/C23H35N5O4/c1-16(2)13-25-22(30)26-18-7-9-19(10-8-18)27-23(31)28-11-3-5-17(15-28)21(29)24-14-20-6-4-12-32-20/h7-10,16-17,20H,3-6,11-15H2,1-2H3,(H,24,29)(H,27,31)(H2,25,26,30). The minimum Gasteiger partial charge on any atom is -0.376 e. The molecule has 9 heteroatoms. The summed E-state index contributed by atoms with van der Waals surface area (Å²) in [6.45, 7) is 6.98. The second-order valence-electron chi connectivity index (χ2n) is 8.90. The normalized spacial score (nSPS) is 20.7. The fourth-order valence-corrected chi connectivity index (χ4v) is 3.85. The zero-order chi connectivity index (χ0) is 22.9. The average molecular weight is 446 g/mol. The van der Waals surface area contributed by atoms with Gasteiger partial charge in [-0.1, -0.05) is 13.8 Å². The van der Waals surface area contributed by atoms with Gasteiger partial charge in [-0.15, -0.1) is 0 Å². The Kier molecular flexibility index (Phi) is 8.72. The van der Waals surface area contributed by atoms with Crippen LogP contribution in [-0.4, -0.2) is 61.8 Å². The largest absolute Gasteiger partial charge is 0.376 e. The SMILES string of the molecule is CC(C)CNC(=O)Nc1ccc(NC(=O)N2CCCC(C(=O)NCC3CCCO3)C2)cc1. The van der Waals surface area contributed by atoms with Gasteiger partial charge >= 0.3 is 12.1 Å². The predicted molar refractivity (Wildman–Crippen MR) is 124 cm³/mol. The molecule has 2 heterocycles. The van der Waals surface area contributed by atoms with Crippen LogP contribution in [0.4, 0.5) is 21.0 Å². The number of nitrogens with one attached hydrogen (secondary N) is 4. The first-order chi connectivity index (χ1) is 15.4. The maximum Gasteiger partial charge on any atom is 0.321 e. The molecule has 2 aliphatic rings. The molecule has 9 nitrogen and oxygen atoms in total. The number of hydrogen-bond donors (Lipinski definition) is 4. The van der Waals surface area contributed by atoms with Gasteiger partial charge in [-0.05, 0) is 55.9 Å². The number of urea groups is 2. The summed E-state index contributed by atoms with van der Waals surface area (Å²) in [4.78, 5) is 38.8. The molecule has 2 unspecified atom stereocenters. The predicted octanol–water partition coefficient (Wildman–Crippen LogP) is 3.00. The number of anilines is 2. The van der Waals surface area contributed by atoms with Gasteiger partial charge < -0.3 is 30.9 Å². The summed E-state index contributed by atoms with van der Waals surface area (Å²) in [5.74, 6) is 0.163. The molecule has 1 aromatic carbocycles. The molecule has 2 saturated heterocycles. The average Bonchev–Trinajstić information content (AvgIpc) is 3.31. The Morgan fingerprint density at radius 2 is 1.75 bits per heavy atom. The Morgan fingerprint density at radius 1 is 1.03 bits per heavy atom. The van der Waals surface area contributed by atoms with Crippen molar-refractivity contribution in [2.45, 2.75) is 45.6 Å². The van der Waals surface area contributed by atoms with Gasteiger partial charge in [0.25, 0.3) is 0 Å². The first-order valence-corrected chi connectivity index (χ1v) is 11.5. The van der Waals surface area contributed by atoms with E-state index in [1.807, 2.05) is 13.8 Å². The van der Waals surface area contributed by atoms with E-state index in [9.17, 15) is 14.4 Å². The molecule has 32 heavy (non-hydrogen) atoms. The van der Waals surface area contributed by atoms with Gasteiger partial charge in [-0.2, -0.15) is 0 Å². The summed E-state index contributed by atoms with van der Waals surface area (Å²) in [7, 11) is 0. The molecule has 0 saturated carbocycles. The van der Waals surface area contributed by atoms with Gasteiger partial charge in [-0.25, -0.2) is 9.59 Å². The third kappa shape index (κ3) is 7.40. The van der Waals surface area contributed by atoms with Crippen molar-refractivity contribution in [1.29, 1.82) is 0 Å². The maximum absolute atomic E-state index is 12.7. The molecule has 2 atom stereocenters. The zero-order valence-corrected chi connectivity index (χ0v) is 19.0. The number of nitrogens with zero attached hydrogens (tertiary/aromatic N) is 1. The number of benzene rings is 1. The van der Waals surface area contributed by atoms with Crippen LogP contribution in [0.1, 0.15) is 39.5 Å². The number of rotatable bonds is 7. The quantitative estimate of drug-likeness (QED) is 0.517. The van der Waals surface area contributed by atoms with Gasteiger partial charge in [0.15, 0.2) is 0 Å². The fraction of sp³-hybridized carbons (Fsp3) is 0.609. The number of piperidine rings is 1. The highest BCUT2D eigenvalue weighted by atomic mass is 16.5. The summed E-state index contributed by atoms with van der Waals surface area (Å²) in [6.07, 6.45) is 3.71. The molecule has 0 aromatic heterocycles. The Hall–Kier alpha value is -2.81. The topological polar surface area (TPSA) is 112 Å². The molecule has 176 valence electrons. The van der Waals surface area contributed by atoms with Crippen LogP contribution in [0.5, 0.6) is 0 Å². The third-order valence-electron chi connectivity index (χ3n) is 5.67. The first-order valence-electron chi connectivity index (χ1n) is 11.5. The Balaban J connectivity index is 1.44. The molecule has 4 N–H and O–H groups in total. The number of ether oxygens (including phenoxy) is 1. The molecular weight excluding hydrogens is 410 g/mol. The number of carbonyl (C=O) groups excluding carboxylic acids is 3. The van der Waals surface area contributed by atoms with Crippen LogP contribution >= 0.6 is 0 Å². The minimum absolute atomic E-state index is 0.0100. The van der Waals surface area contributed by atoms with E-state index in [0.717, 1.165) is 32.3 Å². The molecule has 2 aliphatic heterocycles. The van der Waals surface area contributed by atoms with Crippen molar-refractivity contribution in [3.8, 4) is 0 Å². The van der Waals surface area contributed by atoms with Crippen LogP contribution in [0.3, 0.4) is 0 Å². The molecule has 3 rings (SSSR count). The lowest BCUT2D eigenvalue weighted by atomic mass is 9.97. The Bertz CT molecular complexity index is 777. The molecular formula is C23H35N5O4. The number of likely N-dealkylation sites (tertiary alicyclic amines) is 1. The van der Waals surface area contributed by atoms with E-state index in [2.05, 4.69) is 21.3 Å². The molecule has 1 aromatic rings. The fourth-order valence-electron chi connectivity index (χ4n) is 3.85. The van der Waals surface area contributed by atoms with Crippen molar-refractivity contribution in [2.75, 3.05) is 43.4 Å². The summed E-state index contributed by atoms with van der Waals surface area (Å²) in [5, 5.41) is 11.4. The van der Waals surface area contributed by atoms with Crippen LogP contribution < -0.4 is 21.3 Å². The summed E-state index contributed by atoms with van der Waals surface area (Å²) in [6, 6.07) is 6.48. The van der Waals surface area contributed by atoms with Crippen LogP contribution in [0, 0.1) is 11.8 Å². The van der Waals surface area contributed by atoms with Gasteiger partial charge in [-0.3, -0.25) is 4.79 Å². The van der Waals surface area contributed by atoms with Crippen molar-refractivity contribution >= 4 is 29.3 Å². The second-order valence-corrected chi connectivity index (χ2v) is 8.90. The smallest absolute Gasteiger partial charge is 0.321 e. The van der Waals surface area contributed by atoms with E-state index in [0.29, 0.717) is 43.5 Å². The Labute approximate surface area is 189 Å². The highest BCUT2D eigenvalue weighted by molar-refractivity contribution is 5.92. The molecule has 0 spiro atoms. The molecule has 0 aliphatic carbocycles. The molecule has 2 fully saturated rings. The van der Waals surface area contributed by atoms with Crippen molar-refractivity contribution < 1.29 is 19.1 Å². The lowest BCUT2D eigenvalue weighted by Crippen LogP contribution is -2.47. The van der Waals surface area contributed by atoms with Crippen LogP contribution in [-0.2, 0) is 9.53 Å². The minimum atomic E-state index is -0.257. The van der Waals surface area contributed by atoms with Crippen LogP contribution in [0.2, 0.25) is 0 Å². The Morgan fingerprint density at radius 3 is 2.41 bits per heavy atom. The lowest BCUT2D eigenvalue weighted by Gasteiger charge is -2.32. The van der Waals surface area contributed by atoms with Gasteiger partial charge in [0.05, 0.1) is 12.0 Å². The number of amides is 5. The summed E-state index contributed by atoms with van der Waals surface area (Å²) in [5.41, 5.74) is 1.28. The van der Waals surface area contributed by atoms with E-state index in [1.165, 1.54) is 0 Å². The second kappa shape index (κ2) is 11.7. The third-order valence-corrected chi connectivity index (χ3v) is 5.67. The van der Waals surface area contributed by atoms with Crippen molar-refractivity contribution in [2.24, 2.45) is 11.8 Å². The van der Waals surface area contributed by atoms with E-state index < -0.39 is 0 Å². The van der Waals surface area contributed by atoms with Crippen molar-refractivity contribution in [3.05, 3.63) is 24.3 Å². The molecule has 0 radical (unpaired) electrons. The van der Waals surface area contributed by atoms with Gasteiger partial charge in [0.2, 0.25) is 5.91 Å². The van der Waals surface area contributed by atoms with Gasteiger partial charge in [0.1, 0.15) is 0 Å².